The van der Waals surface area contributed by atoms with Gasteiger partial charge in [0.15, 0.2) is 5.69 Å². The number of nitrogen functional groups attached to an aromatic ring is 1. The molecule has 0 saturated carbocycles. The summed E-state index contributed by atoms with van der Waals surface area (Å²) < 4.78 is 0. The first-order valence-electron chi connectivity index (χ1n) is 6.97. The molecular weight excluding hydrogens is 264 g/mol. The van der Waals surface area contributed by atoms with E-state index in [-0.39, 0.29) is 5.69 Å². The van der Waals surface area contributed by atoms with Crippen molar-refractivity contribution in [1.82, 2.24) is 4.98 Å². The summed E-state index contributed by atoms with van der Waals surface area (Å²) in [4.78, 5) is 15.5. The van der Waals surface area contributed by atoms with Crippen molar-refractivity contribution in [3.63, 3.8) is 0 Å². The lowest BCUT2D eigenvalue weighted by atomic mass is 10.0. The number of nitrogens with zero attached hydrogens (tertiary/aromatic N) is 1. The molecule has 2 aromatic rings. The largest absolute Gasteiger partial charge is 0.477 e. The van der Waals surface area contributed by atoms with Gasteiger partial charge in [0.25, 0.3) is 0 Å². The van der Waals surface area contributed by atoms with Gasteiger partial charge in [0, 0.05) is 17.4 Å². The van der Waals surface area contributed by atoms with E-state index in [0.29, 0.717) is 22.3 Å². The molecule has 0 atom stereocenters. The van der Waals surface area contributed by atoms with Crippen molar-refractivity contribution in [2.24, 2.45) is 0 Å². The first-order chi connectivity index (χ1) is 10.1. The second-order valence-electron chi connectivity index (χ2n) is 4.91. The van der Waals surface area contributed by atoms with Gasteiger partial charge in [-0.25, -0.2) is 9.78 Å². The van der Waals surface area contributed by atoms with E-state index in [9.17, 15) is 9.90 Å². The van der Waals surface area contributed by atoms with E-state index in [1.54, 1.807) is 13.0 Å². The quantitative estimate of drug-likeness (QED) is 0.514. The van der Waals surface area contributed by atoms with E-state index >= 15 is 0 Å². The smallest absolute Gasteiger partial charge is 0.354 e. The highest BCUT2D eigenvalue weighted by molar-refractivity contribution is 5.99. The summed E-state index contributed by atoms with van der Waals surface area (Å²) in [6, 6.07) is 5.42. The van der Waals surface area contributed by atoms with Gasteiger partial charge >= 0.3 is 5.97 Å². The lowest BCUT2D eigenvalue weighted by Gasteiger charge is -2.09. The van der Waals surface area contributed by atoms with E-state index in [0.717, 1.165) is 24.6 Å². The van der Waals surface area contributed by atoms with Gasteiger partial charge in [-0.05, 0) is 25.0 Å². The normalized spacial score (nSPS) is 10.2. The molecule has 0 bridgehead atoms. The summed E-state index contributed by atoms with van der Waals surface area (Å²) in [5.41, 5.74) is 8.19. The van der Waals surface area contributed by atoms with E-state index in [1.807, 2.05) is 12.1 Å². The van der Waals surface area contributed by atoms with Crippen LogP contribution in [0.25, 0.3) is 10.9 Å². The molecule has 108 valence electrons. The number of carbonyl (C=O) groups is 1. The average molecular weight is 282 g/mol. The Kier molecular flexibility index (Phi) is 4.44. The fourth-order valence-corrected chi connectivity index (χ4v) is 2.19. The summed E-state index contributed by atoms with van der Waals surface area (Å²) in [6.45, 7) is 3.85. The molecule has 4 heteroatoms. The number of hydrogen-bond acceptors (Lipinski definition) is 3. The minimum atomic E-state index is -1.06. The number of benzene rings is 1. The van der Waals surface area contributed by atoms with Crippen molar-refractivity contribution in [2.75, 3.05) is 5.73 Å². The number of anilines is 1. The molecule has 0 fully saturated rings. The van der Waals surface area contributed by atoms with Crippen LogP contribution in [-0.4, -0.2) is 16.1 Å². The Morgan fingerprint density at radius 1 is 1.43 bits per heavy atom. The molecule has 0 aliphatic heterocycles. The maximum Gasteiger partial charge on any atom is 0.354 e. The van der Waals surface area contributed by atoms with Crippen LogP contribution in [0.3, 0.4) is 0 Å². The third-order valence-corrected chi connectivity index (χ3v) is 3.36. The molecule has 0 radical (unpaired) electrons. The summed E-state index contributed by atoms with van der Waals surface area (Å²) in [5.74, 6) is 5.15. The molecule has 0 saturated heterocycles. The molecule has 4 nitrogen and oxygen atoms in total. The van der Waals surface area contributed by atoms with E-state index in [1.165, 1.54) is 0 Å². The van der Waals surface area contributed by atoms with Crippen molar-refractivity contribution >= 4 is 22.6 Å². The molecule has 3 N–H and O–H groups in total. The molecule has 21 heavy (non-hydrogen) atoms. The number of hydrogen-bond donors (Lipinski definition) is 2. The third-order valence-electron chi connectivity index (χ3n) is 3.36. The topological polar surface area (TPSA) is 76.2 Å². The third kappa shape index (κ3) is 2.97. The average Bonchev–Trinajstić information content (AvgIpc) is 2.45. The molecule has 1 heterocycles. The van der Waals surface area contributed by atoms with Crippen LogP contribution < -0.4 is 5.73 Å². The Morgan fingerprint density at radius 2 is 2.19 bits per heavy atom. The predicted molar refractivity (Wildman–Crippen MR) is 84.3 cm³/mol. The number of rotatable bonds is 3. The van der Waals surface area contributed by atoms with Gasteiger partial charge in [0.05, 0.1) is 11.2 Å². The molecule has 0 aliphatic carbocycles. The second kappa shape index (κ2) is 6.27. The van der Waals surface area contributed by atoms with Crippen molar-refractivity contribution in [1.29, 1.82) is 0 Å². The number of nitrogens with two attached hydrogens (primary N) is 1. The van der Waals surface area contributed by atoms with Gasteiger partial charge in [-0.3, -0.25) is 0 Å². The molecular formula is C17H18N2O2. The summed E-state index contributed by atoms with van der Waals surface area (Å²) in [6.07, 6.45) is 2.91. The summed E-state index contributed by atoms with van der Waals surface area (Å²) in [5, 5.41) is 10.1. The van der Waals surface area contributed by atoms with Gasteiger partial charge in [-0.2, -0.15) is 0 Å². The summed E-state index contributed by atoms with van der Waals surface area (Å²) in [7, 11) is 0. The van der Waals surface area contributed by atoms with Gasteiger partial charge in [-0.1, -0.05) is 37.3 Å². The second-order valence-corrected chi connectivity index (χ2v) is 4.91. The zero-order valence-electron chi connectivity index (χ0n) is 12.2. The molecule has 0 aliphatic rings. The molecule has 0 spiro atoms. The first kappa shape index (κ1) is 14.9. The fourth-order valence-electron chi connectivity index (χ4n) is 2.19. The van der Waals surface area contributed by atoms with Crippen molar-refractivity contribution < 1.29 is 9.90 Å². The molecule has 0 unspecified atom stereocenters. The Labute approximate surface area is 124 Å². The fraction of sp³-hybridized carbons (Fsp3) is 0.294. The Hall–Kier alpha value is -2.54. The van der Waals surface area contributed by atoms with Crippen LogP contribution in [0.4, 0.5) is 5.69 Å². The highest BCUT2D eigenvalue weighted by Crippen LogP contribution is 2.26. The highest BCUT2D eigenvalue weighted by Gasteiger charge is 2.16. The number of para-hydroxylation sites is 1. The van der Waals surface area contributed by atoms with Gasteiger partial charge in [0.1, 0.15) is 0 Å². The lowest BCUT2D eigenvalue weighted by Crippen LogP contribution is -2.07. The molecule has 0 amide bonds. The number of fused-ring (bicyclic) bond motifs is 1. The van der Waals surface area contributed by atoms with Crippen LogP contribution in [0.1, 0.15) is 47.8 Å². The highest BCUT2D eigenvalue weighted by atomic mass is 16.4. The van der Waals surface area contributed by atoms with Crippen LogP contribution >= 0.6 is 0 Å². The van der Waals surface area contributed by atoms with Crippen LogP contribution in [0, 0.1) is 18.8 Å². The Morgan fingerprint density at radius 3 is 2.86 bits per heavy atom. The predicted octanol–water partition coefficient (Wildman–Crippen LogP) is 3.37. The molecule has 1 aromatic heterocycles. The van der Waals surface area contributed by atoms with E-state index in [4.69, 9.17) is 5.73 Å². The van der Waals surface area contributed by atoms with Crippen LogP contribution in [-0.2, 0) is 0 Å². The van der Waals surface area contributed by atoms with E-state index < -0.39 is 5.97 Å². The van der Waals surface area contributed by atoms with Crippen LogP contribution in [0.2, 0.25) is 0 Å². The molecule has 2 rings (SSSR count). The number of aromatic nitrogens is 1. The maximum absolute atomic E-state index is 11.4. The van der Waals surface area contributed by atoms with Crippen molar-refractivity contribution in [3.8, 4) is 11.8 Å². The maximum atomic E-state index is 11.4. The minimum absolute atomic E-state index is 0.0141. The van der Waals surface area contributed by atoms with Gasteiger partial charge < -0.3 is 10.8 Å². The van der Waals surface area contributed by atoms with Gasteiger partial charge in [0.2, 0.25) is 0 Å². The van der Waals surface area contributed by atoms with Crippen molar-refractivity contribution in [2.45, 2.75) is 33.1 Å². The number of carboxylic acids is 1. The van der Waals surface area contributed by atoms with E-state index in [2.05, 4.69) is 23.7 Å². The zero-order chi connectivity index (χ0) is 15.4. The van der Waals surface area contributed by atoms with Crippen LogP contribution in [0.15, 0.2) is 18.2 Å². The summed E-state index contributed by atoms with van der Waals surface area (Å²) >= 11 is 0. The zero-order valence-corrected chi connectivity index (χ0v) is 12.2. The minimum Gasteiger partial charge on any atom is -0.477 e. The SMILES string of the molecule is CCCCC#Cc1c(C)c(C(=O)O)nc2c(N)cccc12. The van der Waals surface area contributed by atoms with Crippen molar-refractivity contribution in [3.05, 3.63) is 35.0 Å². The Balaban J connectivity index is 2.70. The Bertz CT molecular complexity index is 755. The standard InChI is InChI=1S/C17H18N2O2/c1-3-4-5-6-8-12-11(2)15(17(20)21)19-16-13(12)9-7-10-14(16)18/h7,9-10H,3-5,18H2,1-2H3,(H,20,21). The number of unbranched alkanes of at least 4 members (excludes halogenated alkanes) is 2. The molecule has 1 aromatic carbocycles. The number of aromatic carboxylic acids is 1. The first-order valence-corrected chi connectivity index (χ1v) is 6.97. The van der Waals surface area contributed by atoms with Crippen LogP contribution in [0.5, 0.6) is 0 Å². The number of carboxylic acid groups (broad SMARTS) is 1. The number of pyridine rings is 1. The van der Waals surface area contributed by atoms with Gasteiger partial charge in [-0.15, -0.1) is 0 Å². The monoisotopic (exact) mass is 282 g/mol. The lowest BCUT2D eigenvalue weighted by molar-refractivity contribution is 0.0690.